The molecule has 0 amide bonds. The minimum absolute atomic E-state index is 0.0315. The lowest BCUT2D eigenvalue weighted by atomic mass is 10.1. The maximum Gasteiger partial charge on any atom is 0.134 e. The molecule has 0 radical (unpaired) electrons. The maximum absolute atomic E-state index is 9.41. The Morgan fingerprint density at radius 2 is 2.20 bits per heavy atom. The van der Waals surface area contributed by atoms with Crippen molar-refractivity contribution in [2.75, 3.05) is 0 Å². The van der Waals surface area contributed by atoms with Crippen molar-refractivity contribution in [2.45, 2.75) is 27.1 Å². The summed E-state index contributed by atoms with van der Waals surface area (Å²) in [6, 6.07) is 5.66. The van der Waals surface area contributed by atoms with Crippen molar-refractivity contribution >= 4 is 22.3 Å². The smallest absolute Gasteiger partial charge is 0.134 e. The van der Waals surface area contributed by atoms with Crippen LogP contribution in [0.2, 0.25) is 0 Å². The van der Waals surface area contributed by atoms with E-state index in [9.17, 15) is 5.11 Å². The summed E-state index contributed by atoms with van der Waals surface area (Å²) in [6.45, 7) is 4.30. The molecule has 3 rings (SSSR count). The summed E-state index contributed by atoms with van der Waals surface area (Å²) in [5, 5.41) is 10.3. The molecule has 0 aliphatic carbocycles. The zero-order valence-corrected chi connectivity index (χ0v) is 12.2. The van der Waals surface area contributed by atoms with E-state index in [0.717, 1.165) is 38.6 Å². The van der Waals surface area contributed by atoms with Crippen molar-refractivity contribution in [2.24, 2.45) is 0 Å². The highest BCUT2D eigenvalue weighted by Gasteiger charge is 2.11. The molecule has 1 N–H and O–H groups in total. The molecule has 104 valence electrons. The average Bonchev–Trinajstić information content (AvgIpc) is 2.98. The number of fused-ring (bicyclic) bond motifs is 1. The number of aliphatic hydroxyl groups excluding tert-OH is 1. The van der Waals surface area contributed by atoms with Gasteiger partial charge in [0, 0.05) is 10.9 Å². The summed E-state index contributed by atoms with van der Waals surface area (Å²) in [7, 11) is 0. The second-order valence-electron chi connectivity index (χ2n) is 4.60. The fourth-order valence-corrected chi connectivity index (χ4v) is 2.84. The van der Waals surface area contributed by atoms with E-state index in [1.54, 1.807) is 11.3 Å². The van der Waals surface area contributed by atoms with Crippen LogP contribution in [-0.2, 0) is 13.2 Å². The van der Waals surface area contributed by atoms with Crippen LogP contribution in [0.5, 0.6) is 5.75 Å². The van der Waals surface area contributed by atoms with Gasteiger partial charge in [-0.25, -0.2) is 4.98 Å². The lowest BCUT2D eigenvalue weighted by Crippen LogP contribution is -1.95. The van der Waals surface area contributed by atoms with Crippen LogP contribution in [0.25, 0.3) is 11.0 Å². The van der Waals surface area contributed by atoms with E-state index in [4.69, 9.17) is 9.15 Å². The van der Waals surface area contributed by atoms with Crippen molar-refractivity contribution in [1.29, 1.82) is 0 Å². The maximum atomic E-state index is 9.41. The Morgan fingerprint density at radius 1 is 1.35 bits per heavy atom. The molecule has 0 spiro atoms. The zero-order chi connectivity index (χ0) is 14.1. The fraction of sp³-hybridized carbons (Fsp3) is 0.267. The van der Waals surface area contributed by atoms with E-state index in [0.29, 0.717) is 6.61 Å². The van der Waals surface area contributed by atoms with Gasteiger partial charge < -0.3 is 14.3 Å². The van der Waals surface area contributed by atoms with Crippen molar-refractivity contribution in [3.63, 3.8) is 0 Å². The molecule has 2 aromatic heterocycles. The molecular formula is C15H15NO3S. The number of aliphatic hydroxyl groups is 1. The molecule has 2 heterocycles. The van der Waals surface area contributed by atoms with Crippen LogP contribution in [-0.4, -0.2) is 10.1 Å². The normalized spacial score (nSPS) is 11.2. The molecular weight excluding hydrogens is 274 g/mol. The van der Waals surface area contributed by atoms with E-state index in [-0.39, 0.29) is 6.61 Å². The van der Waals surface area contributed by atoms with E-state index in [2.05, 4.69) is 4.98 Å². The third kappa shape index (κ3) is 2.30. The molecule has 20 heavy (non-hydrogen) atoms. The van der Waals surface area contributed by atoms with Gasteiger partial charge in [-0.1, -0.05) is 0 Å². The molecule has 0 saturated carbocycles. The first-order valence-corrected chi connectivity index (χ1v) is 7.21. The van der Waals surface area contributed by atoms with Gasteiger partial charge >= 0.3 is 0 Å². The van der Waals surface area contributed by atoms with Crippen LogP contribution >= 0.6 is 11.3 Å². The van der Waals surface area contributed by atoms with E-state index < -0.39 is 0 Å². The number of thiazole rings is 1. The Labute approximate surface area is 120 Å². The van der Waals surface area contributed by atoms with Crippen LogP contribution in [0.1, 0.15) is 21.9 Å². The number of aromatic nitrogens is 1. The van der Waals surface area contributed by atoms with Crippen LogP contribution in [0, 0.1) is 13.8 Å². The highest BCUT2D eigenvalue weighted by atomic mass is 32.1. The quantitative estimate of drug-likeness (QED) is 0.797. The molecule has 0 aliphatic rings. The first-order valence-electron chi connectivity index (χ1n) is 6.33. The first-order chi connectivity index (χ1) is 9.69. The molecule has 0 bridgehead atoms. The Morgan fingerprint density at radius 3 is 2.90 bits per heavy atom. The van der Waals surface area contributed by atoms with Gasteiger partial charge in [0.15, 0.2) is 0 Å². The van der Waals surface area contributed by atoms with Crippen molar-refractivity contribution in [3.8, 4) is 5.75 Å². The lowest BCUT2D eigenvalue weighted by Gasteiger charge is -2.05. The summed E-state index contributed by atoms with van der Waals surface area (Å²) in [4.78, 5) is 5.32. The number of aryl methyl sites for hydroxylation is 2. The Bertz CT molecular complexity index is 745. The lowest BCUT2D eigenvalue weighted by molar-refractivity contribution is 0.280. The van der Waals surface area contributed by atoms with E-state index in [1.165, 1.54) is 0 Å². The summed E-state index contributed by atoms with van der Waals surface area (Å²) < 4.78 is 11.4. The molecule has 0 unspecified atom stereocenters. The highest BCUT2D eigenvalue weighted by Crippen LogP contribution is 2.29. The first kappa shape index (κ1) is 13.1. The summed E-state index contributed by atoms with van der Waals surface area (Å²) in [5.74, 6) is 1.51. The summed E-state index contributed by atoms with van der Waals surface area (Å²) >= 11 is 1.59. The van der Waals surface area contributed by atoms with Crippen LogP contribution in [0.3, 0.4) is 0 Å². The SMILES string of the molecule is Cc1ncsc1COc1ccc2oc(C)c(CO)c2c1. The predicted molar refractivity (Wildman–Crippen MR) is 78.1 cm³/mol. The standard InChI is InChI=1S/C15H15NO3S/c1-9-15(20-8-16-9)7-18-11-3-4-14-12(5-11)13(6-17)10(2)19-14/h3-5,8,17H,6-7H2,1-2H3. The van der Waals surface area contributed by atoms with Crippen LogP contribution in [0.15, 0.2) is 28.1 Å². The van der Waals surface area contributed by atoms with Gasteiger partial charge in [-0.3, -0.25) is 0 Å². The van der Waals surface area contributed by atoms with Gasteiger partial charge in [0.2, 0.25) is 0 Å². The van der Waals surface area contributed by atoms with Gasteiger partial charge in [0.1, 0.15) is 23.7 Å². The van der Waals surface area contributed by atoms with Crippen LogP contribution < -0.4 is 4.74 Å². The second kappa shape index (κ2) is 5.26. The fourth-order valence-electron chi connectivity index (χ4n) is 2.15. The molecule has 5 heteroatoms. The minimum Gasteiger partial charge on any atom is -0.488 e. The Hall–Kier alpha value is -1.85. The number of ether oxygens (including phenoxy) is 1. The number of rotatable bonds is 4. The molecule has 0 saturated heterocycles. The van der Waals surface area contributed by atoms with Gasteiger partial charge in [-0.15, -0.1) is 11.3 Å². The van der Waals surface area contributed by atoms with Crippen molar-refractivity contribution in [3.05, 3.63) is 45.6 Å². The van der Waals surface area contributed by atoms with Crippen molar-refractivity contribution in [1.82, 2.24) is 4.98 Å². The Kier molecular flexibility index (Phi) is 3.46. The zero-order valence-electron chi connectivity index (χ0n) is 11.3. The summed E-state index contributed by atoms with van der Waals surface area (Å²) in [5.41, 5.74) is 4.42. The third-order valence-corrected chi connectivity index (χ3v) is 4.25. The number of benzene rings is 1. The topological polar surface area (TPSA) is 55.5 Å². The van der Waals surface area contributed by atoms with Gasteiger partial charge in [0.25, 0.3) is 0 Å². The van der Waals surface area contributed by atoms with E-state index in [1.807, 2.05) is 37.6 Å². The highest BCUT2D eigenvalue weighted by molar-refractivity contribution is 7.09. The predicted octanol–water partition coefficient (Wildman–Crippen LogP) is 3.58. The third-order valence-electron chi connectivity index (χ3n) is 3.34. The van der Waals surface area contributed by atoms with Crippen molar-refractivity contribution < 1.29 is 14.3 Å². The Balaban J connectivity index is 1.87. The monoisotopic (exact) mass is 289 g/mol. The van der Waals surface area contributed by atoms with Crippen LogP contribution in [0.4, 0.5) is 0 Å². The number of nitrogens with zero attached hydrogens (tertiary/aromatic N) is 1. The minimum atomic E-state index is -0.0315. The molecule has 3 aromatic rings. The molecule has 0 atom stereocenters. The molecule has 4 nitrogen and oxygen atoms in total. The number of hydrogen-bond acceptors (Lipinski definition) is 5. The average molecular weight is 289 g/mol. The van der Waals surface area contributed by atoms with E-state index >= 15 is 0 Å². The molecule has 0 fully saturated rings. The largest absolute Gasteiger partial charge is 0.488 e. The second-order valence-corrected chi connectivity index (χ2v) is 5.54. The number of furan rings is 1. The molecule has 1 aromatic carbocycles. The summed E-state index contributed by atoms with van der Waals surface area (Å²) in [6.07, 6.45) is 0. The van der Waals surface area contributed by atoms with Gasteiger partial charge in [-0.2, -0.15) is 0 Å². The molecule has 0 aliphatic heterocycles. The van der Waals surface area contributed by atoms with Gasteiger partial charge in [0.05, 0.1) is 22.7 Å². The van der Waals surface area contributed by atoms with Gasteiger partial charge in [-0.05, 0) is 32.0 Å². The number of hydrogen-bond donors (Lipinski definition) is 1.